The summed E-state index contributed by atoms with van der Waals surface area (Å²) in [7, 11) is 3.24. The largest absolute Gasteiger partial charge is 0.506 e. The Bertz CT molecular complexity index is 2610. The van der Waals surface area contributed by atoms with E-state index >= 15 is 0 Å². The molecule has 320 valence electrons. The Morgan fingerprint density at radius 3 is 2.44 bits per heavy atom. The number of phenolic OH excluding ortho intramolecular Hbond substituents is 1. The molecule has 0 radical (unpaired) electrons. The number of amides is 3. The lowest BCUT2D eigenvalue weighted by Gasteiger charge is -2.31. The van der Waals surface area contributed by atoms with Crippen LogP contribution in [0, 0.1) is 0 Å². The third-order valence-electron chi connectivity index (χ3n) is 11.0. The summed E-state index contributed by atoms with van der Waals surface area (Å²) in [5.74, 6) is 0.0588. The molecule has 13 nitrogen and oxygen atoms in total. The zero-order valence-corrected chi connectivity index (χ0v) is 35.3. The highest BCUT2D eigenvalue weighted by Gasteiger charge is 2.24. The number of hydrogen-bond acceptors (Lipinski definition) is 9. The number of rotatable bonds is 15. The van der Waals surface area contributed by atoms with Gasteiger partial charge >= 0.3 is 6.09 Å². The monoisotopic (exact) mass is 856 g/mol. The summed E-state index contributed by atoms with van der Waals surface area (Å²) in [5, 5.41) is 20.5. The Hall–Kier alpha value is -6.67. The highest BCUT2D eigenvalue weighted by Crippen LogP contribution is 2.32. The summed E-state index contributed by atoms with van der Waals surface area (Å²) in [6.45, 7) is 2.97. The van der Waals surface area contributed by atoms with Crippen LogP contribution in [0.2, 0.25) is 5.02 Å². The smallest absolute Gasteiger partial charge is 0.411 e. The topological polar surface area (TPSA) is 165 Å². The fraction of sp³-hybridized carbons (Fsp3) is 0.250. The van der Waals surface area contributed by atoms with Crippen LogP contribution in [0.4, 0.5) is 21.9 Å². The minimum Gasteiger partial charge on any atom is -0.506 e. The first kappa shape index (κ1) is 43.4. The van der Waals surface area contributed by atoms with E-state index in [0.29, 0.717) is 90.9 Å². The number of likely N-dealkylation sites (tertiary alicyclic amines) is 1. The molecule has 1 saturated heterocycles. The van der Waals surface area contributed by atoms with Gasteiger partial charge in [-0.05, 0) is 79.4 Å². The van der Waals surface area contributed by atoms with Gasteiger partial charge in [-0.15, -0.1) is 0 Å². The number of carbonyl (C=O) groups excluding carboxylic acids is 3. The van der Waals surface area contributed by atoms with Gasteiger partial charge in [-0.2, -0.15) is 0 Å². The van der Waals surface area contributed by atoms with Gasteiger partial charge in [-0.25, -0.2) is 4.79 Å². The van der Waals surface area contributed by atoms with Gasteiger partial charge in [0.05, 0.1) is 29.0 Å². The Kier molecular flexibility index (Phi) is 14.2. The molecule has 5 N–H and O–H groups in total. The van der Waals surface area contributed by atoms with Gasteiger partial charge in [-0.1, -0.05) is 72.3 Å². The van der Waals surface area contributed by atoms with Crippen molar-refractivity contribution in [3.8, 4) is 22.6 Å². The second-order valence-electron chi connectivity index (χ2n) is 15.1. The van der Waals surface area contributed by atoms with Crippen molar-refractivity contribution in [2.24, 2.45) is 0 Å². The van der Waals surface area contributed by atoms with E-state index in [1.165, 1.54) is 6.07 Å². The van der Waals surface area contributed by atoms with E-state index in [9.17, 15) is 24.3 Å². The van der Waals surface area contributed by atoms with Crippen LogP contribution in [0.25, 0.3) is 22.0 Å². The number of H-pyrrole nitrogens is 1. The number of pyridine rings is 1. The van der Waals surface area contributed by atoms with Crippen molar-refractivity contribution in [1.29, 1.82) is 0 Å². The highest BCUT2D eigenvalue weighted by molar-refractivity contribution is 6.34. The van der Waals surface area contributed by atoms with Crippen LogP contribution in [-0.4, -0.2) is 79.3 Å². The lowest BCUT2D eigenvalue weighted by Crippen LogP contribution is -2.40. The van der Waals surface area contributed by atoms with E-state index in [2.05, 4.69) is 25.8 Å². The Morgan fingerprint density at radius 2 is 1.65 bits per heavy atom. The number of methoxy groups -OCH3 is 1. The number of nitrogens with zero attached hydrogens (tertiary/aromatic N) is 2. The fourth-order valence-corrected chi connectivity index (χ4v) is 7.83. The minimum atomic E-state index is -0.486. The van der Waals surface area contributed by atoms with E-state index in [1.54, 1.807) is 67.6 Å². The van der Waals surface area contributed by atoms with Crippen molar-refractivity contribution in [3.05, 3.63) is 147 Å². The van der Waals surface area contributed by atoms with Gasteiger partial charge in [0.2, 0.25) is 11.5 Å². The number of benzene rings is 5. The van der Waals surface area contributed by atoms with E-state index in [-0.39, 0.29) is 29.7 Å². The number of carbonyl (C=O) groups is 3. The lowest BCUT2D eigenvalue weighted by molar-refractivity contribution is -0.118. The second-order valence-corrected chi connectivity index (χ2v) is 15.5. The molecule has 14 heteroatoms. The summed E-state index contributed by atoms with van der Waals surface area (Å²) >= 11 is 6.67. The van der Waals surface area contributed by atoms with Crippen molar-refractivity contribution in [3.63, 3.8) is 0 Å². The average Bonchev–Trinajstić information content (AvgIpc) is 3.29. The average molecular weight is 857 g/mol. The molecule has 0 unspecified atom stereocenters. The highest BCUT2D eigenvalue weighted by atomic mass is 35.5. The summed E-state index contributed by atoms with van der Waals surface area (Å²) in [4.78, 5) is 57.8. The number of fused-ring (bicyclic) bond motifs is 1. The maximum absolute atomic E-state index is 13.5. The predicted molar refractivity (Wildman–Crippen MR) is 244 cm³/mol. The van der Waals surface area contributed by atoms with Crippen molar-refractivity contribution >= 4 is 57.5 Å². The maximum Gasteiger partial charge on any atom is 0.411 e. The SMILES string of the molecule is COc1cc(NC(=O)c2cccc(N(C)C(=O)CCN3CCC(OC(=O)Nc4ccccc4-c4ccccc4)CC3)c2)c(Cl)cc1CNCCc1ccc(O)c2[nH]c(=O)ccc12. The number of halogens is 1. The number of phenols is 1. The van der Waals surface area contributed by atoms with Gasteiger partial charge in [0.1, 0.15) is 17.6 Å². The summed E-state index contributed by atoms with van der Waals surface area (Å²) in [5.41, 5.74) is 5.79. The Morgan fingerprint density at radius 1 is 0.871 bits per heavy atom. The van der Waals surface area contributed by atoms with Gasteiger partial charge in [0, 0.05) is 79.5 Å². The maximum atomic E-state index is 13.5. The van der Waals surface area contributed by atoms with Gasteiger partial charge in [0.15, 0.2) is 0 Å². The van der Waals surface area contributed by atoms with Gasteiger partial charge < -0.3 is 40.0 Å². The molecule has 3 amide bonds. The van der Waals surface area contributed by atoms with E-state index < -0.39 is 12.0 Å². The van der Waals surface area contributed by atoms with Crippen LogP contribution in [0.1, 0.15) is 40.7 Å². The molecular weight excluding hydrogens is 808 g/mol. The van der Waals surface area contributed by atoms with Crippen molar-refractivity contribution < 1.29 is 29.0 Å². The molecule has 0 bridgehead atoms. The van der Waals surface area contributed by atoms with Crippen molar-refractivity contribution in [2.75, 3.05) is 55.9 Å². The third kappa shape index (κ3) is 10.8. The molecule has 0 aliphatic carbocycles. The number of aromatic nitrogens is 1. The quantitative estimate of drug-likeness (QED) is 0.0641. The fourth-order valence-electron chi connectivity index (χ4n) is 7.60. The van der Waals surface area contributed by atoms with Crippen LogP contribution in [0.3, 0.4) is 0 Å². The molecular formula is C48H49ClN6O7. The number of piperidine rings is 1. The molecule has 0 spiro atoms. The van der Waals surface area contributed by atoms with Crippen LogP contribution in [0.5, 0.6) is 11.5 Å². The standard InChI is InChI=1S/C48H49ClN6O7/c1-54(45(58)22-26-55-24-20-36(21-25-55)62-48(60)52-40-14-7-6-13-37(40)31-9-4-3-5-10-31)35-12-8-11-33(27-35)47(59)51-41-29-43(61-2)34(28-39(41)49)30-50-23-19-32-15-17-42(56)46-38(32)16-18-44(57)53-46/h3-18,27-29,36,50,56H,19-26,30H2,1-2H3,(H,51,59)(H,52,60)(H,53,57). The molecule has 62 heavy (non-hydrogen) atoms. The molecule has 1 fully saturated rings. The molecule has 5 aromatic carbocycles. The summed E-state index contributed by atoms with van der Waals surface area (Å²) in [6, 6.07) is 34.3. The van der Waals surface area contributed by atoms with E-state index in [4.69, 9.17) is 21.1 Å². The first-order valence-electron chi connectivity index (χ1n) is 20.5. The van der Waals surface area contributed by atoms with E-state index in [1.807, 2.05) is 60.7 Å². The minimum absolute atomic E-state index is 0.0189. The number of para-hydroxylation sites is 1. The van der Waals surface area contributed by atoms with Crippen LogP contribution < -0.4 is 31.1 Å². The molecule has 7 rings (SSSR count). The zero-order valence-electron chi connectivity index (χ0n) is 34.6. The molecule has 2 heterocycles. The van der Waals surface area contributed by atoms with E-state index in [0.717, 1.165) is 27.6 Å². The molecule has 1 aliphatic rings. The Balaban J connectivity index is 0.863. The van der Waals surface area contributed by atoms with Crippen LogP contribution in [0.15, 0.2) is 120 Å². The summed E-state index contributed by atoms with van der Waals surface area (Å²) < 4.78 is 11.4. The first-order valence-corrected chi connectivity index (χ1v) is 20.9. The number of aromatic hydroxyl groups is 1. The predicted octanol–water partition coefficient (Wildman–Crippen LogP) is 8.21. The second kappa shape index (κ2) is 20.3. The lowest BCUT2D eigenvalue weighted by atomic mass is 10.0. The van der Waals surface area contributed by atoms with Gasteiger partial charge in [-0.3, -0.25) is 19.7 Å². The van der Waals surface area contributed by atoms with Crippen LogP contribution in [-0.2, 0) is 22.5 Å². The van der Waals surface area contributed by atoms with Gasteiger partial charge in [0.25, 0.3) is 5.91 Å². The zero-order chi connectivity index (χ0) is 43.6. The number of anilines is 3. The van der Waals surface area contributed by atoms with Crippen LogP contribution >= 0.6 is 11.6 Å². The molecule has 1 aliphatic heterocycles. The number of hydrogen-bond donors (Lipinski definition) is 5. The molecule has 0 saturated carbocycles. The molecule has 1 aromatic heterocycles. The normalized spacial score (nSPS) is 13.1. The van der Waals surface area contributed by atoms with Crippen molar-refractivity contribution in [2.45, 2.75) is 38.3 Å². The van der Waals surface area contributed by atoms with Crippen molar-refractivity contribution in [1.82, 2.24) is 15.2 Å². The molecule has 0 atom stereocenters. The summed E-state index contributed by atoms with van der Waals surface area (Å²) in [6.07, 6.45) is 1.53. The molecule has 6 aromatic rings. The third-order valence-corrected chi connectivity index (χ3v) is 11.3. The number of ether oxygens (including phenoxy) is 2. The number of nitrogens with one attached hydrogen (secondary N) is 4. The Labute approximate surface area is 364 Å². The number of aromatic amines is 1. The first-order chi connectivity index (χ1) is 30.1.